The number of halogens is 1. The van der Waals surface area contributed by atoms with Crippen LogP contribution < -0.4 is 5.32 Å². The molecule has 2 aromatic rings. The summed E-state index contributed by atoms with van der Waals surface area (Å²) in [6.07, 6.45) is 0. The molecule has 98 valence electrons. The average molecular weight is 260 g/mol. The molecule has 0 saturated carbocycles. The van der Waals surface area contributed by atoms with Gasteiger partial charge >= 0.3 is 0 Å². The van der Waals surface area contributed by atoms with E-state index in [0.29, 0.717) is 18.7 Å². The summed E-state index contributed by atoms with van der Waals surface area (Å²) in [5, 5.41) is 13.7. The Hall–Kier alpha value is -2.27. The highest BCUT2D eigenvalue weighted by Gasteiger charge is 2.05. The molecule has 2 aromatic carbocycles. The van der Waals surface area contributed by atoms with E-state index in [1.54, 1.807) is 30.3 Å². The third-order valence-electron chi connectivity index (χ3n) is 2.72. The van der Waals surface area contributed by atoms with Gasteiger partial charge in [0.15, 0.2) is 0 Å². The average Bonchev–Trinajstić information content (AvgIpc) is 2.41. The number of hydrogen-bond acceptors (Lipinski definition) is 3. The largest absolute Gasteiger partial charge is 0.309 e. The molecular formula is C14H13FN2O2. The van der Waals surface area contributed by atoms with Crippen molar-refractivity contribution >= 4 is 5.69 Å². The predicted molar refractivity (Wildman–Crippen MR) is 70.0 cm³/mol. The lowest BCUT2D eigenvalue weighted by molar-refractivity contribution is -0.384. The topological polar surface area (TPSA) is 55.2 Å². The van der Waals surface area contributed by atoms with Gasteiger partial charge in [-0.15, -0.1) is 0 Å². The molecule has 0 spiro atoms. The van der Waals surface area contributed by atoms with Gasteiger partial charge in [-0.1, -0.05) is 30.3 Å². The van der Waals surface area contributed by atoms with Gasteiger partial charge in [-0.2, -0.15) is 0 Å². The fraction of sp³-hybridized carbons (Fsp3) is 0.143. The smallest absolute Gasteiger partial charge is 0.269 e. The zero-order chi connectivity index (χ0) is 13.7. The van der Waals surface area contributed by atoms with E-state index in [0.717, 1.165) is 5.56 Å². The van der Waals surface area contributed by atoms with Crippen molar-refractivity contribution in [3.05, 3.63) is 75.6 Å². The minimum Gasteiger partial charge on any atom is -0.309 e. The number of non-ortho nitro benzene ring substituents is 1. The lowest BCUT2D eigenvalue weighted by Gasteiger charge is -2.06. The van der Waals surface area contributed by atoms with Gasteiger partial charge in [0, 0.05) is 30.8 Å². The Kier molecular flexibility index (Phi) is 4.20. The Balaban J connectivity index is 1.94. The first kappa shape index (κ1) is 13.2. The van der Waals surface area contributed by atoms with Gasteiger partial charge in [-0.05, 0) is 11.6 Å². The second kappa shape index (κ2) is 6.06. The molecule has 0 aliphatic rings. The number of hydrogen-bond donors (Lipinski definition) is 1. The van der Waals surface area contributed by atoms with Crippen LogP contribution in [-0.4, -0.2) is 4.92 Å². The maximum absolute atomic E-state index is 13.4. The van der Waals surface area contributed by atoms with Gasteiger partial charge in [0.2, 0.25) is 0 Å². The predicted octanol–water partition coefficient (Wildman–Crippen LogP) is 3.02. The number of nitrogens with zero attached hydrogens (tertiary/aromatic N) is 1. The molecule has 0 unspecified atom stereocenters. The Morgan fingerprint density at radius 3 is 2.63 bits per heavy atom. The van der Waals surface area contributed by atoms with E-state index in [9.17, 15) is 14.5 Å². The lowest BCUT2D eigenvalue weighted by Crippen LogP contribution is -2.13. The number of nitro groups is 1. The van der Waals surface area contributed by atoms with E-state index in [1.165, 1.54) is 18.2 Å². The molecule has 0 aliphatic carbocycles. The highest BCUT2D eigenvalue weighted by molar-refractivity contribution is 5.34. The second-order valence-electron chi connectivity index (χ2n) is 4.12. The molecule has 0 atom stereocenters. The summed E-state index contributed by atoms with van der Waals surface area (Å²) in [6.45, 7) is 0.839. The monoisotopic (exact) mass is 260 g/mol. The van der Waals surface area contributed by atoms with Crippen LogP contribution in [-0.2, 0) is 13.1 Å². The standard InChI is InChI=1S/C14H13FN2O2/c15-14-7-2-1-5-12(14)10-16-9-11-4-3-6-13(8-11)17(18)19/h1-8,16H,9-10H2. The van der Waals surface area contributed by atoms with E-state index < -0.39 is 4.92 Å². The Morgan fingerprint density at radius 1 is 1.11 bits per heavy atom. The zero-order valence-electron chi connectivity index (χ0n) is 10.2. The van der Waals surface area contributed by atoms with E-state index in [4.69, 9.17) is 0 Å². The van der Waals surface area contributed by atoms with Gasteiger partial charge in [0.25, 0.3) is 5.69 Å². The molecular weight excluding hydrogens is 247 g/mol. The molecule has 0 saturated heterocycles. The first-order valence-corrected chi connectivity index (χ1v) is 5.84. The molecule has 0 amide bonds. The Bertz CT molecular complexity index is 587. The van der Waals surface area contributed by atoms with Crippen molar-refractivity contribution in [1.82, 2.24) is 5.32 Å². The zero-order valence-corrected chi connectivity index (χ0v) is 10.2. The number of rotatable bonds is 5. The van der Waals surface area contributed by atoms with Crippen molar-refractivity contribution in [1.29, 1.82) is 0 Å². The Morgan fingerprint density at radius 2 is 1.89 bits per heavy atom. The molecule has 0 fully saturated rings. The minimum absolute atomic E-state index is 0.0604. The summed E-state index contributed by atoms with van der Waals surface area (Å²) >= 11 is 0. The molecule has 1 N–H and O–H groups in total. The van der Waals surface area contributed by atoms with Crippen LogP contribution in [0.4, 0.5) is 10.1 Å². The third-order valence-corrected chi connectivity index (χ3v) is 2.72. The van der Waals surface area contributed by atoms with E-state index in [-0.39, 0.29) is 11.5 Å². The number of nitro benzene ring substituents is 1. The summed E-state index contributed by atoms with van der Waals surface area (Å²) < 4.78 is 13.4. The van der Waals surface area contributed by atoms with Gasteiger partial charge in [0.1, 0.15) is 5.82 Å². The van der Waals surface area contributed by atoms with Crippen LogP contribution in [0.3, 0.4) is 0 Å². The van der Waals surface area contributed by atoms with E-state index in [2.05, 4.69) is 5.32 Å². The minimum atomic E-state index is -0.430. The molecule has 19 heavy (non-hydrogen) atoms. The summed E-state index contributed by atoms with van der Waals surface area (Å²) in [5.41, 5.74) is 1.43. The SMILES string of the molecule is O=[N+]([O-])c1cccc(CNCc2ccccc2F)c1. The van der Waals surface area contributed by atoms with Crippen molar-refractivity contribution in [3.8, 4) is 0 Å². The van der Waals surface area contributed by atoms with Crippen LogP contribution in [0.25, 0.3) is 0 Å². The van der Waals surface area contributed by atoms with Crippen molar-refractivity contribution < 1.29 is 9.31 Å². The molecule has 0 heterocycles. The molecule has 0 radical (unpaired) electrons. The molecule has 0 aromatic heterocycles. The van der Waals surface area contributed by atoms with Crippen LogP contribution in [0.2, 0.25) is 0 Å². The highest BCUT2D eigenvalue weighted by Crippen LogP contribution is 2.13. The van der Waals surface area contributed by atoms with Crippen molar-refractivity contribution in [2.24, 2.45) is 0 Å². The normalized spacial score (nSPS) is 10.4. The van der Waals surface area contributed by atoms with Gasteiger partial charge in [-0.3, -0.25) is 10.1 Å². The van der Waals surface area contributed by atoms with Crippen molar-refractivity contribution in [3.63, 3.8) is 0 Å². The van der Waals surface area contributed by atoms with E-state index >= 15 is 0 Å². The van der Waals surface area contributed by atoms with Crippen LogP contribution in [0.5, 0.6) is 0 Å². The fourth-order valence-electron chi connectivity index (χ4n) is 1.76. The second-order valence-corrected chi connectivity index (χ2v) is 4.12. The van der Waals surface area contributed by atoms with E-state index in [1.807, 2.05) is 0 Å². The molecule has 0 bridgehead atoms. The number of nitrogens with one attached hydrogen (secondary N) is 1. The summed E-state index contributed by atoms with van der Waals surface area (Å²) in [5.74, 6) is -0.256. The van der Waals surface area contributed by atoms with Crippen LogP contribution >= 0.6 is 0 Å². The molecule has 4 nitrogen and oxygen atoms in total. The Labute approximate surface area is 110 Å². The molecule has 0 aliphatic heterocycles. The number of benzene rings is 2. The van der Waals surface area contributed by atoms with Crippen LogP contribution in [0, 0.1) is 15.9 Å². The molecule has 2 rings (SSSR count). The van der Waals surface area contributed by atoms with Crippen LogP contribution in [0.15, 0.2) is 48.5 Å². The summed E-state index contributed by atoms with van der Waals surface area (Å²) in [7, 11) is 0. The fourth-order valence-corrected chi connectivity index (χ4v) is 1.76. The first-order chi connectivity index (χ1) is 9.16. The van der Waals surface area contributed by atoms with Crippen molar-refractivity contribution in [2.45, 2.75) is 13.1 Å². The lowest BCUT2D eigenvalue weighted by atomic mass is 10.2. The molecule has 5 heteroatoms. The van der Waals surface area contributed by atoms with Gasteiger partial charge < -0.3 is 5.32 Å². The summed E-state index contributed by atoms with van der Waals surface area (Å²) in [6, 6.07) is 12.9. The maximum Gasteiger partial charge on any atom is 0.269 e. The first-order valence-electron chi connectivity index (χ1n) is 5.84. The van der Waals surface area contributed by atoms with Gasteiger partial charge in [-0.25, -0.2) is 4.39 Å². The van der Waals surface area contributed by atoms with Crippen molar-refractivity contribution in [2.75, 3.05) is 0 Å². The maximum atomic E-state index is 13.4. The third kappa shape index (κ3) is 3.59. The van der Waals surface area contributed by atoms with Crippen LogP contribution in [0.1, 0.15) is 11.1 Å². The summed E-state index contributed by atoms with van der Waals surface area (Å²) in [4.78, 5) is 10.2. The quantitative estimate of drug-likeness (QED) is 0.664. The highest BCUT2D eigenvalue weighted by atomic mass is 19.1. The van der Waals surface area contributed by atoms with Gasteiger partial charge in [0.05, 0.1) is 4.92 Å².